The number of hydrogen-bond donors (Lipinski definition) is 2. The zero-order chi connectivity index (χ0) is 18.6. The van der Waals surface area contributed by atoms with Gasteiger partial charge in [-0.1, -0.05) is 60.7 Å². The SMILES string of the molecule is COC(=O)CNCC(Cc1ccccc1)NC(=O)OCc1ccccc1. The zero-order valence-corrected chi connectivity index (χ0v) is 14.8. The van der Waals surface area contributed by atoms with Gasteiger partial charge in [-0.05, 0) is 17.5 Å². The number of esters is 1. The van der Waals surface area contributed by atoms with E-state index in [1.54, 1.807) is 0 Å². The third-order valence-corrected chi connectivity index (χ3v) is 3.75. The van der Waals surface area contributed by atoms with Crippen molar-refractivity contribution in [2.45, 2.75) is 19.1 Å². The molecule has 0 aliphatic carbocycles. The second-order valence-electron chi connectivity index (χ2n) is 5.80. The van der Waals surface area contributed by atoms with Crippen molar-refractivity contribution in [3.05, 3.63) is 71.8 Å². The van der Waals surface area contributed by atoms with Gasteiger partial charge < -0.3 is 20.1 Å². The van der Waals surface area contributed by atoms with Crippen molar-refractivity contribution in [3.63, 3.8) is 0 Å². The molecule has 1 unspecified atom stereocenters. The number of ether oxygens (including phenoxy) is 2. The van der Waals surface area contributed by atoms with Crippen molar-refractivity contribution in [1.82, 2.24) is 10.6 Å². The van der Waals surface area contributed by atoms with Crippen molar-refractivity contribution < 1.29 is 19.1 Å². The molecule has 0 saturated heterocycles. The summed E-state index contributed by atoms with van der Waals surface area (Å²) < 4.78 is 9.88. The van der Waals surface area contributed by atoms with E-state index >= 15 is 0 Å². The van der Waals surface area contributed by atoms with Crippen LogP contribution < -0.4 is 10.6 Å². The molecule has 2 aromatic rings. The zero-order valence-electron chi connectivity index (χ0n) is 14.8. The van der Waals surface area contributed by atoms with Gasteiger partial charge in [0.15, 0.2) is 0 Å². The van der Waals surface area contributed by atoms with Crippen molar-refractivity contribution in [1.29, 1.82) is 0 Å². The van der Waals surface area contributed by atoms with E-state index < -0.39 is 6.09 Å². The number of carbonyl (C=O) groups excluding carboxylic acids is 2. The monoisotopic (exact) mass is 356 g/mol. The van der Waals surface area contributed by atoms with Crippen molar-refractivity contribution in [3.8, 4) is 0 Å². The Morgan fingerprint density at radius 1 is 0.962 bits per heavy atom. The lowest BCUT2D eigenvalue weighted by Crippen LogP contribution is -2.44. The lowest BCUT2D eigenvalue weighted by atomic mass is 10.1. The van der Waals surface area contributed by atoms with Gasteiger partial charge >= 0.3 is 12.1 Å². The summed E-state index contributed by atoms with van der Waals surface area (Å²) in [5.74, 6) is -0.352. The highest BCUT2D eigenvalue weighted by Gasteiger charge is 2.14. The Hall–Kier alpha value is -2.86. The Bertz CT molecular complexity index is 677. The Labute approximate surface area is 153 Å². The second-order valence-corrected chi connectivity index (χ2v) is 5.80. The second kappa shape index (κ2) is 10.9. The quantitative estimate of drug-likeness (QED) is 0.674. The minimum Gasteiger partial charge on any atom is -0.468 e. The maximum atomic E-state index is 12.1. The molecule has 0 aromatic heterocycles. The van der Waals surface area contributed by atoms with Crippen LogP contribution in [0.4, 0.5) is 4.79 Å². The summed E-state index contributed by atoms with van der Waals surface area (Å²) in [4.78, 5) is 23.4. The first kappa shape index (κ1) is 19.5. The van der Waals surface area contributed by atoms with Gasteiger partial charge in [0.05, 0.1) is 13.7 Å². The van der Waals surface area contributed by atoms with E-state index in [-0.39, 0.29) is 25.2 Å². The molecule has 0 fully saturated rings. The third kappa shape index (κ3) is 7.36. The van der Waals surface area contributed by atoms with Crippen LogP contribution in [0, 0.1) is 0 Å². The average Bonchev–Trinajstić information content (AvgIpc) is 2.67. The van der Waals surface area contributed by atoms with E-state index in [2.05, 4.69) is 15.4 Å². The molecule has 0 bridgehead atoms. The van der Waals surface area contributed by atoms with Gasteiger partial charge in [0.2, 0.25) is 0 Å². The topological polar surface area (TPSA) is 76.7 Å². The molecule has 0 saturated carbocycles. The Morgan fingerprint density at radius 3 is 2.19 bits per heavy atom. The summed E-state index contributed by atoms with van der Waals surface area (Å²) in [5, 5.41) is 5.84. The van der Waals surface area contributed by atoms with E-state index in [4.69, 9.17) is 4.74 Å². The van der Waals surface area contributed by atoms with Gasteiger partial charge in [-0.3, -0.25) is 4.79 Å². The molecule has 6 nitrogen and oxygen atoms in total. The number of methoxy groups -OCH3 is 1. The van der Waals surface area contributed by atoms with Crippen LogP contribution in [0.25, 0.3) is 0 Å². The van der Waals surface area contributed by atoms with Crippen LogP contribution in [-0.2, 0) is 27.3 Å². The molecule has 2 rings (SSSR count). The first-order chi connectivity index (χ1) is 12.7. The predicted molar refractivity (Wildman–Crippen MR) is 98.6 cm³/mol. The molecular weight excluding hydrogens is 332 g/mol. The number of nitrogens with one attached hydrogen (secondary N) is 2. The van der Waals surface area contributed by atoms with E-state index in [0.29, 0.717) is 13.0 Å². The van der Waals surface area contributed by atoms with Crippen molar-refractivity contribution >= 4 is 12.1 Å². The summed E-state index contributed by atoms with van der Waals surface area (Å²) in [7, 11) is 1.34. The number of carbonyl (C=O) groups is 2. The molecular formula is C20H24N2O4. The smallest absolute Gasteiger partial charge is 0.407 e. The largest absolute Gasteiger partial charge is 0.468 e. The maximum absolute atomic E-state index is 12.1. The highest BCUT2D eigenvalue weighted by molar-refractivity contribution is 5.71. The fourth-order valence-electron chi connectivity index (χ4n) is 2.42. The molecule has 2 N–H and O–H groups in total. The normalized spacial score (nSPS) is 11.4. The summed E-state index contributed by atoms with van der Waals surface area (Å²) in [5.41, 5.74) is 2.01. The van der Waals surface area contributed by atoms with Crippen molar-refractivity contribution in [2.75, 3.05) is 20.2 Å². The molecule has 0 spiro atoms. The molecule has 0 radical (unpaired) electrons. The van der Waals surface area contributed by atoms with Crippen molar-refractivity contribution in [2.24, 2.45) is 0 Å². The summed E-state index contributed by atoms with van der Waals surface area (Å²) in [6.07, 6.45) is 0.129. The number of alkyl carbamates (subject to hydrolysis) is 1. The molecule has 0 aliphatic rings. The molecule has 0 heterocycles. The Kier molecular flexibility index (Phi) is 8.15. The van der Waals surface area contributed by atoms with Crippen LogP contribution in [0.2, 0.25) is 0 Å². The van der Waals surface area contributed by atoms with E-state index in [1.807, 2.05) is 60.7 Å². The molecule has 26 heavy (non-hydrogen) atoms. The lowest BCUT2D eigenvalue weighted by molar-refractivity contribution is -0.139. The van der Waals surface area contributed by atoms with Gasteiger partial charge in [0.1, 0.15) is 6.61 Å². The molecule has 138 valence electrons. The highest BCUT2D eigenvalue weighted by Crippen LogP contribution is 2.04. The van der Waals surface area contributed by atoms with Crippen LogP contribution in [0.1, 0.15) is 11.1 Å². The maximum Gasteiger partial charge on any atom is 0.407 e. The van der Waals surface area contributed by atoms with Crippen LogP contribution in [0.3, 0.4) is 0 Å². The van der Waals surface area contributed by atoms with Crippen LogP contribution in [0.5, 0.6) is 0 Å². The number of benzene rings is 2. The van der Waals surface area contributed by atoms with Gasteiger partial charge in [0, 0.05) is 12.6 Å². The standard InChI is InChI=1S/C20H24N2O4/c1-25-19(23)14-21-13-18(12-16-8-4-2-5-9-16)22-20(24)26-15-17-10-6-3-7-11-17/h2-11,18,21H,12-15H2,1H3,(H,22,24). The molecule has 1 atom stereocenters. The Morgan fingerprint density at radius 2 is 1.58 bits per heavy atom. The van der Waals surface area contributed by atoms with Crippen LogP contribution in [0.15, 0.2) is 60.7 Å². The predicted octanol–water partition coefficient (Wildman–Crippen LogP) is 2.29. The molecule has 6 heteroatoms. The van der Waals surface area contributed by atoms with Gasteiger partial charge in [0.25, 0.3) is 0 Å². The van der Waals surface area contributed by atoms with Crippen LogP contribution >= 0.6 is 0 Å². The van der Waals surface area contributed by atoms with Gasteiger partial charge in [-0.15, -0.1) is 0 Å². The minimum atomic E-state index is -0.491. The molecule has 2 aromatic carbocycles. The fraction of sp³-hybridized carbons (Fsp3) is 0.300. The number of amides is 1. The summed E-state index contributed by atoms with van der Waals surface area (Å²) in [6.45, 7) is 0.716. The Balaban J connectivity index is 1.86. The number of hydrogen-bond acceptors (Lipinski definition) is 5. The molecule has 1 amide bonds. The third-order valence-electron chi connectivity index (χ3n) is 3.75. The molecule has 0 aliphatic heterocycles. The summed E-state index contributed by atoms with van der Waals surface area (Å²) in [6, 6.07) is 19.1. The van der Waals surface area contributed by atoms with E-state index in [0.717, 1.165) is 11.1 Å². The van der Waals surface area contributed by atoms with E-state index in [9.17, 15) is 9.59 Å². The first-order valence-electron chi connectivity index (χ1n) is 8.46. The minimum absolute atomic E-state index is 0.0858. The van der Waals surface area contributed by atoms with Gasteiger partial charge in [-0.25, -0.2) is 4.79 Å². The average molecular weight is 356 g/mol. The van der Waals surface area contributed by atoms with Crippen LogP contribution in [-0.4, -0.2) is 38.3 Å². The lowest BCUT2D eigenvalue weighted by Gasteiger charge is -2.19. The fourth-order valence-corrected chi connectivity index (χ4v) is 2.42. The van der Waals surface area contributed by atoms with Gasteiger partial charge in [-0.2, -0.15) is 0 Å². The highest BCUT2D eigenvalue weighted by atomic mass is 16.5. The first-order valence-corrected chi connectivity index (χ1v) is 8.46. The number of rotatable bonds is 9. The van der Waals surface area contributed by atoms with E-state index in [1.165, 1.54) is 7.11 Å². The summed E-state index contributed by atoms with van der Waals surface area (Å²) >= 11 is 0.